The molecular weight excluding hydrogens is 346 g/mol. The first-order valence-electron chi connectivity index (χ1n) is 7.46. The lowest BCUT2D eigenvalue weighted by Crippen LogP contribution is -2.23. The second-order valence-corrected chi connectivity index (χ2v) is 8.20. The molecule has 3 aromatic rings. The summed E-state index contributed by atoms with van der Waals surface area (Å²) < 4.78 is 32.8. The number of sulfonamides is 1. The Balaban J connectivity index is 1.83. The molecule has 1 N–H and O–H groups in total. The van der Waals surface area contributed by atoms with Crippen molar-refractivity contribution in [1.29, 1.82) is 0 Å². The summed E-state index contributed by atoms with van der Waals surface area (Å²) in [6.45, 7) is 3.93. The third-order valence-electron chi connectivity index (χ3n) is 3.46. The van der Waals surface area contributed by atoms with Gasteiger partial charge in [0.05, 0.1) is 9.77 Å². The topological polar surface area (TPSA) is 85.1 Å². The summed E-state index contributed by atoms with van der Waals surface area (Å²) in [4.78, 5) is 5.86. The number of aryl methyl sites for hydroxylation is 2. The molecule has 1 aromatic carbocycles. The van der Waals surface area contributed by atoms with Crippen molar-refractivity contribution in [3.63, 3.8) is 0 Å². The van der Waals surface area contributed by atoms with Crippen LogP contribution in [0.3, 0.4) is 0 Å². The first kappa shape index (κ1) is 16.8. The van der Waals surface area contributed by atoms with Crippen LogP contribution in [-0.4, -0.2) is 18.6 Å². The zero-order valence-electron chi connectivity index (χ0n) is 13.3. The van der Waals surface area contributed by atoms with Gasteiger partial charge in [-0.3, -0.25) is 0 Å². The van der Waals surface area contributed by atoms with Gasteiger partial charge in [-0.1, -0.05) is 42.4 Å². The summed E-state index contributed by atoms with van der Waals surface area (Å²) in [5.41, 5.74) is 0.903. The minimum absolute atomic E-state index is 0.246. The van der Waals surface area contributed by atoms with E-state index in [1.807, 2.05) is 37.3 Å². The number of aromatic nitrogens is 2. The molecule has 0 bridgehead atoms. The van der Waals surface area contributed by atoms with Gasteiger partial charge in [0.15, 0.2) is 0 Å². The summed E-state index contributed by atoms with van der Waals surface area (Å²) in [5, 5.41) is 3.90. The molecule has 3 rings (SSSR count). The molecule has 0 radical (unpaired) electrons. The van der Waals surface area contributed by atoms with Crippen molar-refractivity contribution in [2.45, 2.75) is 31.7 Å². The Bertz CT molecular complexity index is 931. The van der Waals surface area contributed by atoms with Gasteiger partial charge in [-0.15, -0.1) is 11.3 Å². The molecule has 0 atom stereocenters. The van der Waals surface area contributed by atoms with E-state index in [9.17, 15) is 8.42 Å². The second-order valence-electron chi connectivity index (χ2n) is 5.21. The van der Waals surface area contributed by atoms with E-state index < -0.39 is 10.0 Å². The van der Waals surface area contributed by atoms with E-state index in [0.717, 1.165) is 5.56 Å². The van der Waals surface area contributed by atoms with E-state index in [-0.39, 0.29) is 11.4 Å². The highest BCUT2D eigenvalue weighted by molar-refractivity contribution is 7.89. The molecule has 2 aromatic heterocycles. The van der Waals surface area contributed by atoms with Crippen LogP contribution in [0.15, 0.2) is 45.8 Å². The molecule has 0 aliphatic rings. The van der Waals surface area contributed by atoms with Crippen molar-refractivity contribution in [2.75, 3.05) is 0 Å². The molecule has 24 heavy (non-hydrogen) atoms. The number of hydrogen-bond acceptors (Lipinski definition) is 6. The first-order valence-corrected chi connectivity index (χ1v) is 9.76. The zero-order chi connectivity index (χ0) is 17.2. The predicted octanol–water partition coefficient (Wildman–Crippen LogP) is 3.15. The van der Waals surface area contributed by atoms with Crippen molar-refractivity contribution in [3.05, 3.63) is 52.7 Å². The largest absolute Gasteiger partial charge is 0.339 e. The fourth-order valence-corrected chi connectivity index (χ4v) is 4.73. The SMILES string of the molecule is CCc1nc(-c2cc(S(=O)(=O)NCc3ccccc3)c(C)s2)no1. The number of nitrogens with zero attached hydrogens (tertiary/aromatic N) is 2. The number of benzene rings is 1. The molecule has 0 amide bonds. The van der Waals surface area contributed by atoms with E-state index in [1.165, 1.54) is 11.3 Å². The first-order chi connectivity index (χ1) is 11.5. The fraction of sp³-hybridized carbons (Fsp3) is 0.250. The van der Waals surface area contributed by atoms with Gasteiger partial charge in [0.2, 0.25) is 21.7 Å². The summed E-state index contributed by atoms with van der Waals surface area (Å²) >= 11 is 1.34. The lowest BCUT2D eigenvalue weighted by molar-refractivity contribution is 0.383. The van der Waals surface area contributed by atoms with Gasteiger partial charge >= 0.3 is 0 Å². The highest BCUT2D eigenvalue weighted by Gasteiger charge is 2.22. The van der Waals surface area contributed by atoms with E-state index in [0.29, 0.717) is 27.9 Å². The van der Waals surface area contributed by atoms with Gasteiger partial charge in [0.1, 0.15) is 0 Å². The smallest absolute Gasteiger partial charge is 0.241 e. The minimum Gasteiger partial charge on any atom is -0.339 e. The molecule has 2 heterocycles. The number of hydrogen-bond donors (Lipinski definition) is 1. The zero-order valence-corrected chi connectivity index (χ0v) is 14.9. The molecule has 0 saturated carbocycles. The number of rotatable bonds is 6. The minimum atomic E-state index is -3.60. The van der Waals surface area contributed by atoms with Crippen LogP contribution in [0.2, 0.25) is 0 Å². The van der Waals surface area contributed by atoms with Gasteiger partial charge in [-0.25, -0.2) is 13.1 Å². The van der Waals surface area contributed by atoms with Crippen molar-refractivity contribution < 1.29 is 12.9 Å². The van der Waals surface area contributed by atoms with Crippen LogP contribution in [0.1, 0.15) is 23.3 Å². The fourth-order valence-electron chi connectivity index (χ4n) is 2.19. The molecule has 0 fully saturated rings. The summed E-state index contributed by atoms with van der Waals surface area (Å²) in [5.74, 6) is 0.951. The van der Waals surface area contributed by atoms with E-state index in [2.05, 4.69) is 14.9 Å². The van der Waals surface area contributed by atoms with Crippen molar-refractivity contribution in [3.8, 4) is 10.7 Å². The Morgan fingerprint density at radius 1 is 1.25 bits per heavy atom. The van der Waals surface area contributed by atoms with E-state index in [4.69, 9.17) is 4.52 Å². The maximum absolute atomic E-state index is 12.6. The summed E-state index contributed by atoms with van der Waals surface area (Å²) in [6.07, 6.45) is 0.640. The van der Waals surface area contributed by atoms with E-state index >= 15 is 0 Å². The lowest BCUT2D eigenvalue weighted by Gasteiger charge is -2.06. The maximum atomic E-state index is 12.6. The lowest BCUT2D eigenvalue weighted by atomic mass is 10.2. The molecule has 0 aliphatic heterocycles. The van der Waals surface area contributed by atoms with Crippen molar-refractivity contribution in [2.24, 2.45) is 0 Å². The standard InChI is InChI=1S/C16H17N3O3S2/c1-3-15-18-16(19-22-15)13-9-14(11(2)23-13)24(20,21)17-10-12-7-5-4-6-8-12/h4-9,17H,3,10H2,1-2H3. The van der Waals surface area contributed by atoms with Crippen LogP contribution in [0, 0.1) is 6.92 Å². The third kappa shape index (κ3) is 3.55. The van der Waals surface area contributed by atoms with Crippen LogP contribution in [0.25, 0.3) is 10.7 Å². The van der Waals surface area contributed by atoms with Crippen molar-refractivity contribution >= 4 is 21.4 Å². The average Bonchev–Trinajstić information content (AvgIpc) is 3.20. The van der Waals surface area contributed by atoms with Gasteiger partial charge in [0.25, 0.3) is 0 Å². The Morgan fingerprint density at radius 3 is 2.67 bits per heavy atom. The normalized spacial score (nSPS) is 11.8. The Morgan fingerprint density at radius 2 is 2.00 bits per heavy atom. The van der Waals surface area contributed by atoms with Crippen molar-refractivity contribution in [1.82, 2.24) is 14.9 Å². The Kier molecular flexibility index (Phi) is 4.79. The van der Waals surface area contributed by atoms with Crippen LogP contribution >= 0.6 is 11.3 Å². The molecule has 0 saturated heterocycles. The monoisotopic (exact) mass is 363 g/mol. The maximum Gasteiger partial charge on any atom is 0.241 e. The quantitative estimate of drug-likeness (QED) is 0.727. The molecule has 0 aliphatic carbocycles. The van der Waals surface area contributed by atoms with E-state index in [1.54, 1.807) is 13.0 Å². The second kappa shape index (κ2) is 6.84. The molecule has 8 heteroatoms. The number of thiophene rings is 1. The Labute approximate surface area is 144 Å². The Hall–Kier alpha value is -2.03. The van der Waals surface area contributed by atoms with Gasteiger partial charge in [0, 0.05) is 17.8 Å². The third-order valence-corrected chi connectivity index (χ3v) is 6.16. The molecule has 0 unspecified atom stereocenters. The molecule has 6 nitrogen and oxygen atoms in total. The van der Waals surface area contributed by atoms with Gasteiger partial charge in [-0.2, -0.15) is 4.98 Å². The highest BCUT2D eigenvalue weighted by atomic mass is 32.2. The summed E-state index contributed by atoms with van der Waals surface area (Å²) in [7, 11) is -3.60. The molecular formula is C16H17N3O3S2. The van der Waals surface area contributed by atoms with Crippen LogP contribution < -0.4 is 4.72 Å². The van der Waals surface area contributed by atoms with Crippen LogP contribution in [-0.2, 0) is 23.0 Å². The van der Waals surface area contributed by atoms with Gasteiger partial charge < -0.3 is 4.52 Å². The number of nitrogens with one attached hydrogen (secondary N) is 1. The molecule has 126 valence electrons. The summed E-state index contributed by atoms with van der Waals surface area (Å²) in [6, 6.07) is 11.0. The van der Waals surface area contributed by atoms with Crippen LogP contribution in [0.5, 0.6) is 0 Å². The highest BCUT2D eigenvalue weighted by Crippen LogP contribution is 2.32. The predicted molar refractivity (Wildman–Crippen MR) is 92.2 cm³/mol. The molecule has 0 spiro atoms. The van der Waals surface area contributed by atoms with Crippen LogP contribution in [0.4, 0.5) is 0 Å². The van der Waals surface area contributed by atoms with Gasteiger partial charge in [-0.05, 0) is 18.6 Å². The average molecular weight is 363 g/mol.